The van der Waals surface area contributed by atoms with Crippen molar-refractivity contribution in [2.24, 2.45) is 5.10 Å². The lowest BCUT2D eigenvalue weighted by atomic mass is 10.1. The number of ether oxygens (including phenoxy) is 2. The number of rotatable bonds is 8. The summed E-state index contributed by atoms with van der Waals surface area (Å²) in [6.07, 6.45) is 1.55. The third-order valence-corrected chi connectivity index (χ3v) is 4.68. The molecule has 3 rings (SSSR count). The summed E-state index contributed by atoms with van der Waals surface area (Å²) in [5.74, 6) is -0.387. The Hall–Kier alpha value is -4.03. The molecule has 2 aromatic heterocycles. The van der Waals surface area contributed by atoms with Crippen molar-refractivity contribution in [2.45, 2.75) is 27.4 Å². The van der Waals surface area contributed by atoms with E-state index < -0.39 is 5.91 Å². The normalized spacial score (nSPS) is 10.8. The van der Waals surface area contributed by atoms with Crippen molar-refractivity contribution in [1.82, 2.24) is 20.2 Å². The van der Waals surface area contributed by atoms with Crippen LogP contribution in [-0.2, 0) is 16.1 Å². The third-order valence-electron chi connectivity index (χ3n) is 4.68. The second-order valence-electron chi connectivity index (χ2n) is 7.06. The first-order valence-corrected chi connectivity index (χ1v) is 9.90. The number of carbonyl (C=O) groups excluding carboxylic acids is 1. The number of nitrogens with zero attached hydrogens (tertiary/aromatic N) is 5. The zero-order valence-electron chi connectivity index (χ0n) is 18.4. The topological polar surface area (TPSA) is 114 Å². The van der Waals surface area contributed by atoms with Crippen LogP contribution in [0.2, 0.25) is 0 Å². The van der Waals surface area contributed by atoms with E-state index in [1.807, 2.05) is 48.9 Å². The van der Waals surface area contributed by atoms with Gasteiger partial charge in [-0.1, -0.05) is 18.2 Å². The molecule has 3 aromatic rings. The summed E-state index contributed by atoms with van der Waals surface area (Å²) in [5.41, 5.74) is 7.42. The SMILES string of the molecule is COCc1cc(C)nc(OCC(=O)N/N=C/c2c(C)nn(-c3ccccc3)c2C)c1C#N. The molecule has 32 heavy (non-hydrogen) atoms. The molecule has 0 bridgehead atoms. The molecule has 0 atom stereocenters. The predicted octanol–water partition coefficient (Wildman–Crippen LogP) is 2.74. The minimum absolute atomic E-state index is 0.0921. The van der Waals surface area contributed by atoms with E-state index in [0.29, 0.717) is 11.3 Å². The van der Waals surface area contributed by atoms with Crippen LogP contribution in [0.3, 0.4) is 0 Å². The largest absolute Gasteiger partial charge is 0.467 e. The van der Waals surface area contributed by atoms with Gasteiger partial charge in [-0.2, -0.15) is 15.5 Å². The molecule has 0 saturated heterocycles. The summed E-state index contributed by atoms with van der Waals surface area (Å²) >= 11 is 0. The molecule has 9 nitrogen and oxygen atoms in total. The molecule has 0 fully saturated rings. The molecule has 0 aliphatic carbocycles. The van der Waals surface area contributed by atoms with Crippen molar-refractivity contribution in [1.29, 1.82) is 5.26 Å². The van der Waals surface area contributed by atoms with Crippen LogP contribution in [-0.4, -0.2) is 40.6 Å². The van der Waals surface area contributed by atoms with Gasteiger partial charge in [0.1, 0.15) is 11.6 Å². The highest BCUT2D eigenvalue weighted by Crippen LogP contribution is 2.21. The molecule has 1 amide bonds. The Bertz CT molecular complexity index is 1180. The van der Waals surface area contributed by atoms with Gasteiger partial charge in [0.2, 0.25) is 5.88 Å². The summed E-state index contributed by atoms with van der Waals surface area (Å²) in [6, 6.07) is 13.6. The standard InChI is InChI=1S/C23H24N6O3/c1-15-10-18(13-31-4)20(11-24)23(26-15)32-14-22(30)27-25-12-21-16(2)28-29(17(21)3)19-8-6-5-7-9-19/h5-10,12H,13-14H2,1-4H3,(H,27,30)/b25-12+. The molecular formula is C23H24N6O3. The van der Waals surface area contributed by atoms with Gasteiger partial charge in [0.05, 0.1) is 29.9 Å². The van der Waals surface area contributed by atoms with Gasteiger partial charge in [-0.3, -0.25) is 4.79 Å². The van der Waals surface area contributed by atoms with E-state index in [1.165, 1.54) is 7.11 Å². The lowest BCUT2D eigenvalue weighted by Gasteiger charge is -2.10. The van der Waals surface area contributed by atoms with Crippen LogP contribution in [0.4, 0.5) is 0 Å². The van der Waals surface area contributed by atoms with E-state index in [1.54, 1.807) is 19.2 Å². The maximum absolute atomic E-state index is 12.2. The molecule has 0 saturated carbocycles. The smallest absolute Gasteiger partial charge is 0.278 e. The van der Waals surface area contributed by atoms with Crippen molar-refractivity contribution in [2.75, 3.05) is 13.7 Å². The molecule has 9 heteroatoms. The molecule has 164 valence electrons. The van der Waals surface area contributed by atoms with Gasteiger partial charge in [-0.15, -0.1) is 0 Å². The Morgan fingerprint density at radius 2 is 2.03 bits per heavy atom. The highest BCUT2D eigenvalue weighted by Gasteiger charge is 2.15. The van der Waals surface area contributed by atoms with Crippen LogP contribution >= 0.6 is 0 Å². The van der Waals surface area contributed by atoms with Crippen LogP contribution in [0.25, 0.3) is 5.69 Å². The van der Waals surface area contributed by atoms with Crippen LogP contribution in [0, 0.1) is 32.1 Å². The number of nitrogens with one attached hydrogen (secondary N) is 1. The van der Waals surface area contributed by atoms with Crippen molar-refractivity contribution in [3.63, 3.8) is 0 Å². The van der Waals surface area contributed by atoms with Crippen LogP contribution in [0.5, 0.6) is 5.88 Å². The predicted molar refractivity (Wildman–Crippen MR) is 119 cm³/mol. The zero-order chi connectivity index (χ0) is 23.1. The highest BCUT2D eigenvalue weighted by molar-refractivity contribution is 5.85. The van der Waals surface area contributed by atoms with Gasteiger partial charge >= 0.3 is 0 Å². The fraction of sp³-hybridized carbons (Fsp3) is 0.261. The third kappa shape index (κ3) is 5.17. The van der Waals surface area contributed by atoms with Gasteiger partial charge in [0.25, 0.3) is 5.91 Å². The first-order valence-electron chi connectivity index (χ1n) is 9.90. The van der Waals surface area contributed by atoms with Crippen LogP contribution < -0.4 is 10.2 Å². The summed E-state index contributed by atoms with van der Waals surface area (Å²) in [5, 5.41) is 18.0. The van der Waals surface area contributed by atoms with Gasteiger partial charge in [0, 0.05) is 23.9 Å². The maximum Gasteiger partial charge on any atom is 0.278 e. The van der Waals surface area contributed by atoms with Crippen LogP contribution in [0.15, 0.2) is 41.5 Å². The molecule has 1 N–H and O–H groups in total. The highest BCUT2D eigenvalue weighted by atomic mass is 16.5. The van der Waals surface area contributed by atoms with Gasteiger partial charge in [0.15, 0.2) is 6.61 Å². The van der Waals surface area contributed by atoms with Crippen molar-refractivity contribution >= 4 is 12.1 Å². The Labute approximate surface area is 186 Å². The molecular weight excluding hydrogens is 408 g/mol. The van der Waals surface area contributed by atoms with E-state index in [2.05, 4.69) is 26.7 Å². The van der Waals surface area contributed by atoms with Gasteiger partial charge in [-0.25, -0.2) is 15.1 Å². The fourth-order valence-corrected chi connectivity index (χ4v) is 3.20. The Kier molecular flexibility index (Phi) is 7.31. The number of hydrazone groups is 1. The minimum Gasteiger partial charge on any atom is -0.467 e. The number of methoxy groups -OCH3 is 1. The van der Waals surface area contributed by atoms with E-state index in [-0.39, 0.29) is 24.7 Å². The van der Waals surface area contributed by atoms with Crippen molar-refractivity contribution in [3.8, 4) is 17.6 Å². The first-order chi connectivity index (χ1) is 15.4. The van der Waals surface area contributed by atoms with Gasteiger partial charge in [-0.05, 0) is 39.0 Å². The summed E-state index contributed by atoms with van der Waals surface area (Å²) in [6.45, 7) is 5.50. The van der Waals surface area contributed by atoms with Crippen LogP contribution in [0.1, 0.15) is 33.8 Å². The minimum atomic E-state index is -0.479. The first kappa shape index (κ1) is 22.7. The lowest BCUT2D eigenvalue weighted by Crippen LogP contribution is -2.25. The van der Waals surface area contributed by atoms with E-state index in [9.17, 15) is 10.1 Å². The molecule has 0 spiro atoms. The monoisotopic (exact) mass is 432 g/mol. The zero-order valence-corrected chi connectivity index (χ0v) is 18.4. The Morgan fingerprint density at radius 3 is 2.72 bits per heavy atom. The lowest BCUT2D eigenvalue weighted by molar-refractivity contribution is -0.123. The quantitative estimate of drug-likeness (QED) is 0.432. The summed E-state index contributed by atoms with van der Waals surface area (Å²) in [4.78, 5) is 16.4. The second kappa shape index (κ2) is 10.3. The summed E-state index contributed by atoms with van der Waals surface area (Å²) < 4.78 is 12.4. The van der Waals surface area contributed by atoms with Crippen molar-refractivity contribution < 1.29 is 14.3 Å². The molecule has 2 heterocycles. The van der Waals surface area contributed by atoms with E-state index in [0.717, 1.165) is 22.6 Å². The molecule has 0 aliphatic rings. The second-order valence-corrected chi connectivity index (χ2v) is 7.06. The number of aryl methyl sites for hydroxylation is 2. The number of benzene rings is 1. The maximum atomic E-state index is 12.2. The molecule has 1 aromatic carbocycles. The Balaban J connectivity index is 1.65. The van der Waals surface area contributed by atoms with E-state index in [4.69, 9.17) is 9.47 Å². The average Bonchev–Trinajstić information content (AvgIpc) is 3.06. The van der Waals surface area contributed by atoms with Crippen molar-refractivity contribution in [3.05, 3.63) is 70.2 Å². The number of nitriles is 1. The summed E-state index contributed by atoms with van der Waals surface area (Å²) in [7, 11) is 1.54. The number of hydrogen-bond acceptors (Lipinski definition) is 7. The van der Waals surface area contributed by atoms with Gasteiger partial charge < -0.3 is 9.47 Å². The fourth-order valence-electron chi connectivity index (χ4n) is 3.20. The number of hydrogen-bond donors (Lipinski definition) is 1. The number of para-hydroxylation sites is 1. The molecule has 0 unspecified atom stereocenters. The molecule has 0 radical (unpaired) electrons. The Morgan fingerprint density at radius 1 is 1.28 bits per heavy atom. The van der Waals surface area contributed by atoms with E-state index >= 15 is 0 Å². The number of aromatic nitrogens is 3. The number of pyridine rings is 1. The average molecular weight is 432 g/mol. The number of amides is 1. The molecule has 0 aliphatic heterocycles. The number of carbonyl (C=O) groups is 1.